The van der Waals surface area contributed by atoms with E-state index in [4.69, 9.17) is 4.74 Å². The summed E-state index contributed by atoms with van der Waals surface area (Å²) in [5.41, 5.74) is 5.05. The number of nitrogens with zero attached hydrogens (tertiary/aromatic N) is 1. The molecule has 0 spiro atoms. The van der Waals surface area contributed by atoms with Crippen LogP contribution in [0, 0.1) is 19.8 Å². The predicted molar refractivity (Wildman–Crippen MR) is 88.3 cm³/mol. The lowest BCUT2D eigenvalue weighted by atomic mass is 10.2. The van der Waals surface area contributed by atoms with E-state index in [0.29, 0.717) is 5.92 Å². The summed E-state index contributed by atoms with van der Waals surface area (Å²) in [6, 6.07) is 10.5. The Bertz CT molecular complexity index is 599. The highest BCUT2D eigenvalue weighted by molar-refractivity contribution is 5.44. The highest BCUT2D eigenvalue weighted by atomic mass is 16.5. The van der Waals surface area contributed by atoms with Gasteiger partial charge >= 0.3 is 0 Å². The van der Waals surface area contributed by atoms with Gasteiger partial charge in [-0.1, -0.05) is 19.9 Å². The SMILES string of the molecule is COc1cccc(-n2c(C)cc(CNCC(C)C)c2C)c1. The van der Waals surface area contributed by atoms with E-state index in [0.717, 1.165) is 24.5 Å². The normalized spacial score (nSPS) is 11.1. The van der Waals surface area contributed by atoms with Crippen molar-refractivity contribution in [2.75, 3.05) is 13.7 Å². The van der Waals surface area contributed by atoms with Crippen LogP contribution in [0.25, 0.3) is 5.69 Å². The van der Waals surface area contributed by atoms with Crippen molar-refractivity contribution in [2.45, 2.75) is 34.2 Å². The molecule has 1 heterocycles. The van der Waals surface area contributed by atoms with Gasteiger partial charge in [-0.25, -0.2) is 0 Å². The molecule has 3 heteroatoms. The fourth-order valence-electron chi connectivity index (χ4n) is 2.65. The molecule has 0 bridgehead atoms. The lowest BCUT2D eigenvalue weighted by Crippen LogP contribution is -2.19. The van der Waals surface area contributed by atoms with E-state index >= 15 is 0 Å². The average molecular weight is 286 g/mol. The first-order valence-corrected chi connectivity index (χ1v) is 7.56. The van der Waals surface area contributed by atoms with Crippen LogP contribution < -0.4 is 10.1 Å². The molecule has 114 valence electrons. The van der Waals surface area contributed by atoms with E-state index in [9.17, 15) is 0 Å². The maximum absolute atomic E-state index is 5.33. The number of hydrogen-bond acceptors (Lipinski definition) is 2. The van der Waals surface area contributed by atoms with E-state index in [2.05, 4.69) is 55.8 Å². The molecule has 0 radical (unpaired) electrons. The van der Waals surface area contributed by atoms with Crippen molar-refractivity contribution in [1.82, 2.24) is 9.88 Å². The summed E-state index contributed by atoms with van der Waals surface area (Å²) in [6.07, 6.45) is 0. The minimum absolute atomic E-state index is 0.673. The molecule has 2 aromatic rings. The highest BCUT2D eigenvalue weighted by Gasteiger charge is 2.11. The number of rotatable bonds is 6. The molecule has 0 aliphatic rings. The summed E-state index contributed by atoms with van der Waals surface area (Å²) in [4.78, 5) is 0. The zero-order valence-electron chi connectivity index (χ0n) is 13.7. The summed E-state index contributed by atoms with van der Waals surface area (Å²) in [5, 5.41) is 3.52. The predicted octanol–water partition coefficient (Wildman–Crippen LogP) is 3.85. The summed E-state index contributed by atoms with van der Waals surface area (Å²) in [5.74, 6) is 1.56. The lowest BCUT2D eigenvalue weighted by molar-refractivity contribution is 0.414. The minimum atomic E-state index is 0.673. The van der Waals surface area contributed by atoms with Gasteiger partial charge in [0.2, 0.25) is 0 Å². The quantitative estimate of drug-likeness (QED) is 0.873. The van der Waals surface area contributed by atoms with Gasteiger partial charge in [0.15, 0.2) is 0 Å². The zero-order valence-corrected chi connectivity index (χ0v) is 13.7. The van der Waals surface area contributed by atoms with Gasteiger partial charge in [-0.15, -0.1) is 0 Å². The highest BCUT2D eigenvalue weighted by Crippen LogP contribution is 2.23. The van der Waals surface area contributed by atoms with Crippen LogP contribution in [0.1, 0.15) is 30.8 Å². The molecule has 0 aliphatic heterocycles. The standard InChI is InChI=1S/C18H26N2O/c1-13(2)11-19-12-16-9-14(3)20(15(16)4)17-7-6-8-18(10-17)21-5/h6-10,13,19H,11-12H2,1-5H3. The topological polar surface area (TPSA) is 26.2 Å². The summed E-state index contributed by atoms with van der Waals surface area (Å²) < 4.78 is 7.62. The van der Waals surface area contributed by atoms with Gasteiger partial charge in [-0.2, -0.15) is 0 Å². The molecule has 0 atom stereocenters. The van der Waals surface area contributed by atoms with Crippen molar-refractivity contribution in [1.29, 1.82) is 0 Å². The third-order valence-electron chi connectivity index (χ3n) is 3.72. The number of benzene rings is 1. The van der Waals surface area contributed by atoms with Gasteiger partial charge in [0, 0.05) is 29.7 Å². The molecule has 0 saturated heterocycles. The van der Waals surface area contributed by atoms with Crippen LogP contribution in [0.15, 0.2) is 30.3 Å². The summed E-state index contributed by atoms with van der Waals surface area (Å²) >= 11 is 0. The second-order valence-corrected chi connectivity index (χ2v) is 5.96. The Labute approximate surface area is 127 Å². The second-order valence-electron chi connectivity index (χ2n) is 5.96. The molecule has 21 heavy (non-hydrogen) atoms. The van der Waals surface area contributed by atoms with Gasteiger partial charge in [-0.3, -0.25) is 0 Å². The van der Waals surface area contributed by atoms with Crippen molar-refractivity contribution < 1.29 is 4.74 Å². The smallest absolute Gasteiger partial charge is 0.120 e. The van der Waals surface area contributed by atoms with E-state index in [1.807, 2.05) is 12.1 Å². The van der Waals surface area contributed by atoms with Crippen LogP contribution in [-0.2, 0) is 6.54 Å². The summed E-state index contributed by atoms with van der Waals surface area (Å²) in [7, 11) is 1.70. The molecule has 2 rings (SSSR count). The zero-order chi connectivity index (χ0) is 15.4. The van der Waals surface area contributed by atoms with Crippen molar-refractivity contribution >= 4 is 0 Å². The van der Waals surface area contributed by atoms with Crippen molar-refractivity contribution in [3.63, 3.8) is 0 Å². The molecule has 1 N–H and O–H groups in total. The molecule has 0 amide bonds. The first kappa shape index (κ1) is 15.6. The maximum Gasteiger partial charge on any atom is 0.120 e. The maximum atomic E-state index is 5.33. The van der Waals surface area contributed by atoms with Gasteiger partial charge in [0.05, 0.1) is 7.11 Å². The number of methoxy groups -OCH3 is 1. The summed E-state index contributed by atoms with van der Waals surface area (Å²) in [6.45, 7) is 10.8. The molecule has 1 aromatic heterocycles. The van der Waals surface area contributed by atoms with Crippen LogP contribution in [-0.4, -0.2) is 18.2 Å². The Kier molecular flexibility index (Phi) is 5.07. The van der Waals surface area contributed by atoms with E-state index in [1.165, 1.54) is 17.0 Å². The Morgan fingerprint density at radius 3 is 2.62 bits per heavy atom. The Balaban J connectivity index is 2.26. The number of hydrogen-bond donors (Lipinski definition) is 1. The van der Waals surface area contributed by atoms with Crippen LogP contribution in [0.5, 0.6) is 5.75 Å². The van der Waals surface area contributed by atoms with Crippen LogP contribution in [0.2, 0.25) is 0 Å². The monoisotopic (exact) mass is 286 g/mol. The molecule has 0 fully saturated rings. The van der Waals surface area contributed by atoms with E-state index < -0.39 is 0 Å². The van der Waals surface area contributed by atoms with Crippen molar-refractivity contribution in [3.8, 4) is 11.4 Å². The van der Waals surface area contributed by atoms with E-state index in [1.54, 1.807) is 7.11 Å². The number of ether oxygens (including phenoxy) is 1. The molecule has 0 unspecified atom stereocenters. The molecular weight excluding hydrogens is 260 g/mol. The molecular formula is C18H26N2O. The van der Waals surface area contributed by atoms with Crippen molar-refractivity contribution in [2.24, 2.45) is 5.92 Å². The van der Waals surface area contributed by atoms with Crippen molar-refractivity contribution in [3.05, 3.63) is 47.3 Å². The molecule has 3 nitrogen and oxygen atoms in total. The largest absolute Gasteiger partial charge is 0.497 e. The fraction of sp³-hybridized carbons (Fsp3) is 0.444. The Morgan fingerprint density at radius 2 is 1.95 bits per heavy atom. The van der Waals surface area contributed by atoms with Crippen LogP contribution in [0.4, 0.5) is 0 Å². The number of aryl methyl sites for hydroxylation is 1. The molecule has 0 saturated carbocycles. The van der Waals surface area contributed by atoms with Gasteiger partial charge in [0.1, 0.15) is 5.75 Å². The molecule has 0 aliphatic carbocycles. The van der Waals surface area contributed by atoms with Crippen LogP contribution >= 0.6 is 0 Å². The third-order valence-corrected chi connectivity index (χ3v) is 3.72. The average Bonchev–Trinajstić information content (AvgIpc) is 2.73. The first-order chi connectivity index (χ1) is 10.0. The Morgan fingerprint density at radius 1 is 1.19 bits per heavy atom. The lowest BCUT2D eigenvalue weighted by Gasteiger charge is -2.12. The number of nitrogens with one attached hydrogen (secondary N) is 1. The Hall–Kier alpha value is -1.74. The third kappa shape index (κ3) is 3.67. The van der Waals surface area contributed by atoms with Crippen LogP contribution in [0.3, 0.4) is 0 Å². The minimum Gasteiger partial charge on any atom is -0.497 e. The first-order valence-electron chi connectivity index (χ1n) is 7.56. The van der Waals surface area contributed by atoms with Gasteiger partial charge in [0.25, 0.3) is 0 Å². The van der Waals surface area contributed by atoms with Gasteiger partial charge in [-0.05, 0) is 50.1 Å². The molecule has 1 aromatic carbocycles. The second kappa shape index (κ2) is 6.81. The van der Waals surface area contributed by atoms with E-state index in [-0.39, 0.29) is 0 Å². The fourth-order valence-corrected chi connectivity index (χ4v) is 2.65. The number of aromatic nitrogens is 1. The van der Waals surface area contributed by atoms with Gasteiger partial charge < -0.3 is 14.6 Å².